The van der Waals surface area contributed by atoms with Gasteiger partial charge in [0.2, 0.25) is 0 Å². The van der Waals surface area contributed by atoms with Crippen LogP contribution in [0.3, 0.4) is 0 Å². The second-order valence-corrected chi connectivity index (χ2v) is 4.03. The number of benzene rings is 2. The van der Waals surface area contributed by atoms with Crippen LogP contribution in [0.1, 0.15) is 5.56 Å². The summed E-state index contributed by atoms with van der Waals surface area (Å²) in [7, 11) is 3.19. The number of carbonyl (C=O) groups excluding carboxylic acids is 1. The molecule has 0 aromatic heterocycles. The monoisotopic (exact) mass is 240 g/mol. The molecular weight excluding hydrogens is 228 g/mol. The summed E-state index contributed by atoms with van der Waals surface area (Å²) in [5.74, 6) is 0.287. The number of carbonyl (C=O) groups is 1. The SMILES string of the molecule is CN(C)C(=O)Oc1ccc2ccccc2c1C#N. The highest BCUT2D eigenvalue weighted by atomic mass is 16.6. The zero-order valence-electron chi connectivity index (χ0n) is 10.2. The Kier molecular flexibility index (Phi) is 3.16. The lowest BCUT2D eigenvalue weighted by Crippen LogP contribution is -2.25. The minimum absolute atomic E-state index is 0.287. The van der Waals surface area contributed by atoms with E-state index in [1.165, 1.54) is 4.90 Å². The fraction of sp³-hybridized carbons (Fsp3) is 0.143. The number of nitriles is 1. The summed E-state index contributed by atoms with van der Waals surface area (Å²) in [5.41, 5.74) is 0.378. The predicted molar refractivity (Wildman–Crippen MR) is 68.4 cm³/mol. The van der Waals surface area contributed by atoms with Gasteiger partial charge in [-0.2, -0.15) is 5.26 Å². The second kappa shape index (κ2) is 4.76. The lowest BCUT2D eigenvalue weighted by atomic mass is 10.0. The molecule has 4 nitrogen and oxygen atoms in total. The van der Waals surface area contributed by atoms with E-state index < -0.39 is 6.09 Å². The zero-order chi connectivity index (χ0) is 13.1. The quantitative estimate of drug-likeness (QED) is 0.770. The van der Waals surface area contributed by atoms with Gasteiger partial charge in [-0.1, -0.05) is 30.3 Å². The molecule has 0 aliphatic heterocycles. The molecule has 0 saturated carbocycles. The van der Waals surface area contributed by atoms with Gasteiger partial charge in [-0.15, -0.1) is 0 Å². The fourth-order valence-electron chi connectivity index (χ4n) is 1.64. The van der Waals surface area contributed by atoms with E-state index in [2.05, 4.69) is 6.07 Å². The van der Waals surface area contributed by atoms with Crippen LogP contribution in [0.5, 0.6) is 5.75 Å². The van der Waals surface area contributed by atoms with Crippen LogP contribution in [0.15, 0.2) is 36.4 Å². The molecule has 0 aliphatic rings. The Hall–Kier alpha value is -2.54. The maximum Gasteiger partial charge on any atom is 0.414 e. The van der Waals surface area contributed by atoms with Gasteiger partial charge in [0.05, 0.1) is 0 Å². The largest absolute Gasteiger partial charge is 0.414 e. The summed E-state index contributed by atoms with van der Waals surface area (Å²) >= 11 is 0. The first-order valence-corrected chi connectivity index (χ1v) is 5.44. The third kappa shape index (κ3) is 2.11. The molecule has 4 heteroatoms. The maximum atomic E-state index is 11.5. The third-order valence-electron chi connectivity index (χ3n) is 2.57. The van der Waals surface area contributed by atoms with Gasteiger partial charge < -0.3 is 9.64 Å². The Labute approximate surface area is 105 Å². The van der Waals surface area contributed by atoms with Crippen molar-refractivity contribution < 1.29 is 9.53 Å². The third-order valence-corrected chi connectivity index (χ3v) is 2.57. The number of nitrogens with zero attached hydrogens (tertiary/aromatic N) is 2. The van der Waals surface area contributed by atoms with Crippen molar-refractivity contribution in [1.29, 1.82) is 5.26 Å². The molecular formula is C14H12N2O2. The van der Waals surface area contributed by atoms with Gasteiger partial charge in [0.25, 0.3) is 0 Å². The minimum Gasteiger partial charge on any atom is -0.409 e. The highest BCUT2D eigenvalue weighted by Crippen LogP contribution is 2.27. The smallest absolute Gasteiger partial charge is 0.409 e. The Bertz CT molecular complexity index is 642. The average Bonchev–Trinajstić information content (AvgIpc) is 2.38. The zero-order valence-corrected chi connectivity index (χ0v) is 10.2. The van der Waals surface area contributed by atoms with E-state index >= 15 is 0 Å². The molecule has 0 aliphatic carbocycles. The standard InChI is InChI=1S/C14H12N2O2/c1-16(2)14(17)18-13-8-7-10-5-3-4-6-11(10)12(13)9-15/h3-8H,1-2H3. The predicted octanol–water partition coefficient (Wildman–Crippen LogP) is 2.77. The van der Waals surface area contributed by atoms with E-state index in [1.54, 1.807) is 20.2 Å². The Morgan fingerprint density at radius 3 is 2.61 bits per heavy atom. The van der Waals surface area contributed by atoms with E-state index in [1.807, 2.05) is 30.3 Å². The van der Waals surface area contributed by atoms with Crippen molar-refractivity contribution >= 4 is 16.9 Å². The molecule has 0 saturated heterocycles. The first-order chi connectivity index (χ1) is 8.63. The van der Waals surface area contributed by atoms with Crippen LogP contribution in [-0.2, 0) is 0 Å². The summed E-state index contributed by atoms with van der Waals surface area (Å²) in [5, 5.41) is 10.9. The second-order valence-electron chi connectivity index (χ2n) is 4.03. The van der Waals surface area contributed by atoms with Crippen molar-refractivity contribution in [3.8, 4) is 11.8 Å². The first kappa shape index (κ1) is 11.9. The Morgan fingerprint density at radius 2 is 1.94 bits per heavy atom. The minimum atomic E-state index is -0.498. The average molecular weight is 240 g/mol. The highest BCUT2D eigenvalue weighted by Gasteiger charge is 2.13. The van der Waals surface area contributed by atoms with Gasteiger partial charge in [-0.3, -0.25) is 0 Å². The van der Waals surface area contributed by atoms with E-state index in [9.17, 15) is 10.1 Å². The normalized spacial score (nSPS) is 9.83. The van der Waals surface area contributed by atoms with Gasteiger partial charge in [0.15, 0.2) is 5.75 Å². The molecule has 0 atom stereocenters. The number of ether oxygens (including phenoxy) is 1. The number of rotatable bonds is 1. The van der Waals surface area contributed by atoms with Crippen LogP contribution in [0.25, 0.3) is 10.8 Å². The summed E-state index contributed by atoms with van der Waals surface area (Å²) < 4.78 is 5.17. The van der Waals surface area contributed by atoms with Gasteiger partial charge in [-0.05, 0) is 11.5 Å². The van der Waals surface area contributed by atoms with E-state index in [-0.39, 0.29) is 5.75 Å². The number of hydrogen-bond acceptors (Lipinski definition) is 3. The van der Waals surface area contributed by atoms with Crippen LogP contribution in [-0.4, -0.2) is 25.1 Å². The molecule has 2 aromatic rings. The lowest BCUT2D eigenvalue weighted by Gasteiger charge is -2.12. The molecule has 0 bridgehead atoms. The van der Waals surface area contributed by atoms with Gasteiger partial charge in [-0.25, -0.2) is 4.79 Å². The number of hydrogen-bond donors (Lipinski definition) is 0. The van der Waals surface area contributed by atoms with Crippen LogP contribution in [0.2, 0.25) is 0 Å². The fourth-order valence-corrected chi connectivity index (χ4v) is 1.64. The maximum absolute atomic E-state index is 11.5. The molecule has 2 aromatic carbocycles. The number of amides is 1. The molecule has 0 radical (unpaired) electrons. The van der Waals surface area contributed by atoms with Crippen molar-refractivity contribution in [2.45, 2.75) is 0 Å². The highest BCUT2D eigenvalue weighted by molar-refractivity contribution is 5.90. The molecule has 0 spiro atoms. The molecule has 2 rings (SSSR count). The van der Waals surface area contributed by atoms with Crippen LogP contribution in [0.4, 0.5) is 4.79 Å². The molecule has 90 valence electrons. The molecule has 0 heterocycles. The molecule has 18 heavy (non-hydrogen) atoms. The summed E-state index contributed by atoms with van der Waals surface area (Å²) in [6.45, 7) is 0. The van der Waals surface area contributed by atoms with Gasteiger partial charge in [0, 0.05) is 19.5 Å². The van der Waals surface area contributed by atoms with E-state index in [0.717, 1.165) is 10.8 Å². The van der Waals surface area contributed by atoms with Crippen LogP contribution >= 0.6 is 0 Å². The molecule has 0 fully saturated rings. The number of fused-ring (bicyclic) bond motifs is 1. The Balaban J connectivity index is 2.52. The van der Waals surface area contributed by atoms with Crippen LogP contribution < -0.4 is 4.74 Å². The summed E-state index contributed by atoms with van der Waals surface area (Å²) in [4.78, 5) is 12.8. The first-order valence-electron chi connectivity index (χ1n) is 5.44. The van der Waals surface area contributed by atoms with Crippen molar-refractivity contribution in [3.63, 3.8) is 0 Å². The van der Waals surface area contributed by atoms with Crippen molar-refractivity contribution in [1.82, 2.24) is 4.90 Å². The topological polar surface area (TPSA) is 53.3 Å². The lowest BCUT2D eigenvalue weighted by molar-refractivity contribution is 0.172. The Morgan fingerprint density at radius 1 is 1.22 bits per heavy atom. The van der Waals surface area contributed by atoms with Crippen LogP contribution in [0, 0.1) is 11.3 Å². The van der Waals surface area contributed by atoms with Crippen molar-refractivity contribution in [2.24, 2.45) is 0 Å². The van der Waals surface area contributed by atoms with Crippen molar-refractivity contribution in [2.75, 3.05) is 14.1 Å². The summed E-state index contributed by atoms with van der Waals surface area (Å²) in [6, 6.07) is 13.0. The van der Waals surface area contributed by atoms with E-state index in [0.29, 0.717) is 5.56 Å². The van der Waals surface area contributed by atoms with Gasteiger partial charge >= 0.3 is 6.09 Å². The molecule has 0 N–H and O–H groups in total. The van der Waals surface area contributed by atoms with Gasteiger partial charge in [0.1, 0.15) is 11.6 Å². The van der Waals surface area contributed by atoms with Crippen molar-refractivity contribution in [3.05, 3.63) is 42.0 Å². The summed E-state index contributed by atoms with van der Waals surface area (Å²) in [6.07, 6.45) is -0.498. The van der Waals surface area contributed by atoms with E-state index in [4.69, 9.17) is 4.74 Å². The molecule has 0 unspecified atom stereocenters. The molecule has 1 amide bonds.